The molecule has 0 aromatic carbocycles. The number of carbonyl (C=O) groups is 3. The van der Waals surface area contributed by atoms with E-state index in [1.807, 2.05) is 0 Å². The first-order valence-electron chi connectivity index (χ1n) is 8.80. The predicted molar refractivity (Wildman–Crippen MR) is 82.5 cm³/mol. The number of hydrogen-bond acceptors (Lipinski definition) is 6. The van der Waals surface area contributed by atoms with Crippen LogP contribution >= 0.6 is 0 Å². The summed E-state index contributed by atoms with van der Waals surface area (Å²) >= 11 is 0. The van der Waals surface area contributed by atoms with Crippen molar-refractivity contribution in [3.8, 4) is 0 Å². The maximum atomic E-state index is 12.6. The van der Waals surface area contributed by atoms with Crippen molar-refractivity contribution in [1.82, 2.24) is 0 Å². The molecule has 0 heterocycles. The van der Waals surface area contributed by atoms with E-state index in [9.17, 15) is 67.1 Å². The highest BCUT2D eigenvalue weighted by Crippen LogP contribution is 2.38. The van der Waals surface area contributed by atoms with E-state index in [0.717, 1.165) is 6.92 Å². The van der Waals surface area contributed by atoms with Gasteiger partial charge in [-0.15, -0.1) is 0 Å². The zero-order chi connectivity index (χ0) is 27.5. The molecular weight excluding hydrogens is 516 g/mol. The van der Waals surface area contributed by atoms with Gasteiger partial charge < -0.3 is 14.2 Å². The van der Waals surface area contributed by atoms with Gasteiger partial charge in [0.2, 0.25) is 0 Å². The topological polar surface area (TPSA) is 78.9 Å². The molecule has 18 heteroatoms. The Kier molecular flexibility index (Phi) is 9.71. The Bertz CT molecular complexity index is 659. The number of halogens is 12. The smallest absolute Gasteiger partial charge is 0.434 e. The largest absolute Gasteiger partial charge is 0.440 e. The zero-order valence-corrected chi connectivity index (χ0v) is 17.1. The second kappa shape index (κ2) is 10.5. The Morgan fingerprint density at radius 3 is 1.06 bits per heavy atom. The van der Waals surface area contributed by atoms with Crippen molar-refractivity contribution >= 4 is 17.9 Å². The van der Waals surface area contributed by atoms with Gasteiger partial charge in [0.05, 0.1) is 5.41 Å². The van der Waals surface area contributed by atoms with Gasteiger partial charge in [0.25, 0.3) is 18.3 Å². The van der Waals surface area contributed by atoms with Crippen LogP contribution in [-0.2, 0) is 28.6 Å². The van der Waals surface area contributed by atoms with Crippen LogP contribution < -0.4 is 0 Å². The van der Waals surface area contributed by atoms with Crippen molar-refractivity contribution in [2.45, 2.75) is 76.6 Å². The van der Waals surface area contributed by atoms with E-state index in [-0.39, 0.29) is 12.8 Å². The van der Waals surface area contributed by atoms with Crippen LogP contribution in [0, 0.1) is 5.41 Å². The van der Waals surface area contributed by atoms with Gasteiger partial charge in [-0.05, 0) is 19.8 Å². The fraction of sp³-hybridized carbons (Fsp3) is 0.812. The van der Waals surface area contributed by atoms with Gasteiger partial charge in [-0.3, -0.25) is 4.79 Å². The van der Waals surface area contributed by atoms with Crippen molar-refractivity contribution in [1.29, 1.82) is 0 Å². The molecule has 0 fully saturated rings. The monoisotopic (exact) mass is 532 g/mol. The Hall–Kier alpha value is -2.43. The van der Waals surface area contributed by atoms with Gasteiger partial charge in [0.1, 0.15) is 0 Å². The zero-order valence-electron chi connectivity index (χ0n) is 17.1. The third kappa shape index (κ3) is 8.41. The Morgan fingerprint density at radius 1 is 0.588 bits per heavy atom. The Labute approximate surface area is 182 Å². The van der Waals surface area contributed by atoms with E-state index in [1.54, 1.807) is 0 Å². The Balaban J connectivity index is 6.31. The van der Waals surface area contributed by atoms with Crippen LogP contribution in [0.4, 0.5) is 52.7 Å². The van der Waals surface area contributed by atoms with Crippen LogP contribution in [0.2, 0.25) is 0 Å². The molecule has 34 heavy (non-hydrogen) atoms. The molecular formula is C16H16F12O6. The van der Waals surface area contributed by atoms with Gasteiger partial charge in [-0.2, -0.15) is 52.7 Å². The highest BCUT2D eigenvalue weighted by atomic mass is 19.4. The van der Waals surface area contributed by atoms with Gasteiger partial charge in [0.15, 0.2) is 0 Å². The molecule has 0 bridgehead atoms. The molecule has 0 N–H and O–H groups in total. The van der Waals surface area contributed by atoms with Crippen molar-refractivity contribution in [2.24, 2.45) is 5.41 Å². The van der Waals surface area contributed by atoms with E-state index in [0.29, 0.717) is 0 Å². The molecule has 6 nitrogen and oxygen atoms in total. The molecule has 0 amide bonds. The third-order valence-corrected chi connectivity index (χ3v) is 4.36. The highest BCUT2D eigenvalue weighted by molar-refractivity contribution is 6.00. The van der Waals surface area contributed by atoms with Gasteiger partial charge in [-0.25, -0.2) is 9.59 Å². The summed E-state index contributed by atoms with van der Waals surface area (Å²) in [4.78, 5) is 35.9. The summed E-state index contributed by atoms with van der Waals surface area (Å²) in [6.45, 7) is 3.61. The number of ether oxygens (including phenoxy) is 3. The normalized spacial score (nSPS) is 13.9. The van der Waals surface area contributed by atoms with Crippen LogP contribution in [0.5, 0.6) is 0 Å². The van der Waals surface area contributed by atoms with Gasteiger partial charge >= 0.3 is 42.6 Å². The molecule has 0 spiro atoms. The van der Waals surface area contributed by atoms with E-state index >= 15 is 0 Å². The number of alkyl halides is 12. The molecule has 0 saturated heterocycles. The number of esters is 3. The molecule has 0 aromatic rings. The van der Waals surface area contributed by atoms with Gasteiger partial charge in [0, 0.05) is 0 Å². The lowest BCUT2D eigenvalue weighted by atomic mass is 9.85. The lowest BCUT2D eigenvalue weighted by Crippen LogP contribution is -2.52. The second-order valence-corrected chi connectivity index (χ2v) is 6.85. The maximum absolute atomic E-state index is 12.6. The molecule has 0 aromatic heterocycles. The fourth-order valence-electron chi connectivity index (χ4n) is 1.97. The van der Waals surface area contributed by atoms with Crippen molar-refractivity contribution in [3.63, 3.8) is 0 Å². The summed E-state index contributed by atoms with van der Waals surface area (Å²) in [5.41, 5.74) is -1.71. The molecule has 0 radical (unpaired) electrons. The van der Waals surface area contributed by atoms with Crippen molar-refractivity contribution in [2.75, 3.05) is 0 Å². The molecule has 200 valence electrons. The molecule has 0 unspecified atom stereocenters. The molecule has 0 saturated carbocycles. The van der Waals surface area contributed by atoms with E-state index in [2.05, 4.69) is 14.2 Å². The molecule has 0 aliphatic rings. The minimum atomic E-state index is -6.38. The lowest BCUT2D eigenvalue weighted by Gasteiger charge is -2.29. The fourth-order valence-corrected chi connectivity index (χ4v) is 1.97. The lowest BCUT2D eigenvalue weighted by molar-refractivity contribution is -0.319. The average Bonchev–Trinajstić information content (AvgIpc) is 2.63. The summed E-state index contributed by atoms with van der Waals surface area (Å²) < 4.78 is 162. The van der Waals surface area contributed by atoms with E-state index in [1.165, 1.54) is 13.8 Å². The third-order valence-electron chi connectivity index (χ3n) is 4.36. The van der Waals surface area contributed by atoms with Crippen LogP contribution in [-0.4, -0.2) is 60.9 Å². The standard InChI is InChI=1S/C16H16F12O6/c1-4-12(3,5-2)11(31)32-6(7(29)33-9(13(17,18)19)14(20,21)22)8(30)34-10(15(23,24)25)16(26,27)28/h6,9-10H,4-5H2,1-3H3. The number of rotatable bonds is 8. The van der Waals surface area contributed by atoms with Crippen LogP contribution in [0.15, 0.2) is 0 Å². The number of carbonyl (C=O) groups excluding carboxylic acids is 3. The van der Waals surface area contributed by atoms with E-state index < -0.39 is 66.3 Å². The first kappa shape index (κ1) is 31.6. The maximum Gasteiger partial charge on any atom is 0.434 e. The summed E-state index contributed by atoms with van der Waals surface area (Å²) in [5, 5.41) is 0. The SMILES string of the molecule is CCC(C)(CC)C(=O)OC(C(=O)OC(C(F)(F)F)C(F)(F)F)C(=O)OC(C(F)(F)F)C(F)(F)F. The first-order chi connectivity index (χ1) is 14.9. The average molecular weight is 532 g/mol. The molecule has 0 rings (SSSR count). The molecule has 0 aliphatic carbocycles. The molecule has 0 aliphatic heterocycles. The summed E-state index contributed by atoms with van der Waals surface area (Å²) in [7, 11) is 0. The summed E-state index contributed by atoms with van der Waals surface area (Å²) in [6.07, 6.45) is -39.7. The van der Waals surface area contributed by atoms with Crippen molar-refractivity contribution < 1.29 is 81.3 Å². The first-order valence-corrected chi connectivity index (χ1v) is 8.80. The minimum Gasteiger partial charge on any atom is -0.440 e. The van der Waals surface area contributed by atoms with Crippen LogP contribution in [0.3, 0.4) is 0 Å². The predicted octanol–water partition coefficient (Wildman–Crippen LogP) is 4.80. The number of hydrogen-bond donors (Lipinski definition) is 0. The summed E-state index contributed by atoms with van der Waals surface area (Å²) in [5.74, 6) is -7.88. The van der Waals surface area contributed by atoms with E-state index in [4.69, 9.17) is 0 Å². The highest BCUT2D eigenvalue weighted by Gasteiger charge is 2.63. The van der Waals surface area contributed by atoms with Crippen molar-refractivity contribution in [3.05, 3.63) is 0 Å². The second-order valence-electron chi connectivity index (χ2n) is 6.85. The summed E-state index contributed by atoms with van der Waals surface area (Å²) in [6, 6.07) is 0. The Morgan fingerprint density at radius 2 is 0.853 bits per heavy atom. The van der Waals surface area contributed by atoms with Crippen LogP contribution in [0.25, 0.3) is 0 Å². The quantitative estimate of drug-likeness (QED) is 0.194. The van der Waals surface area contributed by atoms with Crippen LogP contribution in [0.1, 0.15) is 33.6 Å². The minimum absolute atomic E-state index is 0.208. The van der Waals surface area contributed by atoms with Gasteiger partial charge in [-0.1, -0.05) is 13.8 Å². The molecule has 0 atom stereocenters.